The molecule has 3 rings (SSSR count). The van der Waals surface area contributed by atoms with Crippen LogP contribution in [0, 0.1) is 5.41 Å². The van der Waals surface area contributed by atoms with Gasteiger partial charge in [-0.1, -0.05) is 0 Å². The van der Waals surface area contributed by atoms with Gasteiger partial charge in [0, 0.05) is 23.8 Å². The van der Waals surface area contributed by atoms with Crippen molar-refractivity contribution in [3.63, 3.8) is 0 Å². The number of urea groups is 1. The van der Waals surface area contributed by atoms with E-state index in [1.807, 2.05) is 0 Å². The average Bonchev–Trinajstić information content (AvgIpc) is 2.78. The number of aromatic nitrogens is 1. The molecule has 2 aromatic carbocycles. The molecule has 0 spiro atoms. The Hall–Kier alpha value is -4.15. The Morgan fingerprint density at radius 2 is 1.79 bits per heavy atom. The predicted molar refractivity (Wildman–Crippen MR) is 121 cm³/mol. The molecule has 3 aromatic rings. The summed E-state index contributed by atoms with van der Waals surface area (Å²) in [6, 6.07) is 10.1. The van der Waals surface area contributed by atoms with Crippen molar-refractivity contribution in [2.75, 3.05) is 23.0 Å². The molecule has 0 bridgehead atoms. The lowest BCUT2D eigenvalue weighted by Crippen LogP contribution is -2.20. The second-order valence-electron chi connectivity index (χ2n) is 7.17. The summed E-state index contributed by atoms with van der Waals surface area (Å²) < 4.78 is 57.7. The van der Waals surface area contributed by atoms with Crippen molar-refractivity contribution in [1.82, 2.24) is 4.98 Å². The molecular formula is C23H21F4N5O2. The second kappa shape index (κ2) is 10.6. The third-order valence-electron chi connectivity index (χ3n) is 4.64. The Morgan fingerprint density at radius 1 is 1.09 bits per heavy atom. The highest BCUT2D eigenvalue weighted by molar-refractivity contribution is 5.99. The van der Waals surface area contributed by atoms with Crippen LogP contribution in [0.2, 0.25) is 0 Å². The zero-order valence-electron chi connectivity index (χ0n) is 17.7. The predicted octanol–water partition coefficient (Wildman–Crippen LogP) is 6.02. The monoisotopic (exact) mass is 475 g/mol. The van der Waals surface area contributed by atoms with Crippen molar-refractivity contribution in [1.29, 1.82) is 5.41 Å². The molecule has 0 aliphatic rings. The molecule has 178 valence electrons. The van der Waals surface area contributed by atoms with Gasteiger partial charge in [-0.05, 0) is 66.9 Å². The van der Waals surface area contributed by atoms with Gasteiger partial charge >= 0.3 is 12.2 Å². The van der Waals surface area contributed by atoms with E-state index in [0.717, 1.165) is 18.3 Å². The fourth-order valence-corrected chi connectivity index (χ4v) is 3.07. The summed E-state index contributed by atoms with van der Waals surface area (Å²) in [7, 11) is 0. The third-order valence-corrected chi connectivity index (χ3v) is 4.64. The lowest BCUT2D eigenvalue weighted by Gasteiger charge is -2.14. The molecule has 1 aromatic heterocycles. The summed E-state index contributed by atoms with van der Waals surface area (Å²) in [4.78, 5) is 16.2. The Labute approximate surface area is 192 Å². The van der Waals surface area contributed by atoms with Crippen LogP contribution in [0.4, 0.5) is 39.5 Å². The molecule has 0 saturated heterocycles. The number of halogens is 4. The van der Waals surface area contributed by atoms with Crippen molar-refractivity contribution >= 4 is 29.4 Å². The summed E-state index contributed by atoms with van der Waals surface area (Å²) in [5.74, 6) is 0.869. The van der Waals surface area contributed by atoms with Gasteiger partial charge in [0.15, 0.2) is 0 Å². The number of alkyl halides is 4. The number of carbonyl (C=O) groups excluding carboxylic acids is 1. The maximum Gasteiger partial charge on any atom is 0.416 e. The first-order valence-corrected chi connectivity index (χ1v) is 10.1. The first-order chi connectivity index (χ1) is 16.2. The number of hydrogen-bond acceptors (Lipinski definition) is 5. The van der Waals surface area contributed by atoms with Crippen molar-refractivity contribution in [3.8, 4) is 11.5 Å². The lowest BCUT2D eigenvalue weighted by molar-refractivity contribution is -0.137. The number of nitrogens with two attached hydrogens (primary N) is 1. The Bertz CT molecular complexity index is 1170. The highest BCUT2D eigenvalue weighted by Crippen LogP contribution is 2.32. The molecule has 2 amide bonds. The van der Waals surface area contributed by atoms with E-state index in [4.69, 9.17) is 15.9 Å². The van der Waals surface area contributed by atoms with Crippen LogP contribution >= 0.6 is 0 Å². The number of aryl methyl sites for hydroxylation is 1. The van der Waals surface area contributed by atoms with Crippen LogP contribution in [-0.2, 0) is 12.6 Å². The molecule has 0 saturated carbocycles. The number of nitrogen functional groups attached to an aromatic ring is 1. The highest BCUT2D eigenvalue weighted by atomic mass is 19.4. The number of anilines is 3. The number of nitrogens with zero attached hydrogens (tertiary/aromatic N) is 1. The minimum atomic E-state index is -4.61. The Balaban J connectivity index is 1.68. The molecule has 0 atom stereocenters. The van der Waals surface area contributed by atoms with Gasteiger partial charge in [0.05, 0.1) is 17.8 Å². The van der Waals surface area contributed by atoms with Crippen LogP contribution in [0.3, 0.4) is 0 Å². The number of benzene rings is 2. The quantitative estimate of drug-likeness (QED) is 0.236. The van der Waals surface area contributed by atoms with Gasteiger partial charge < -0.3 is 26.5 Å². The number of amides is 2. The molecule has 0 fully saturated rings. The summed E-state index contributed by atoms with van der Waals surface area (Å²) in [5, 5.41) is 12.3. The first-order valence-electron chi connectivity index (χ1n) is 10.1. The number of ether oxygens (including phenoxy) is 1. The number of rotatable bonds is 8. The fraction of sp³-hybridized carbons (Fsp3) is 0.174. The van der Waals surface area contributed by atoms with Crippen LogP contribution in [0.25, 0.3) is 0 Å². The minimum Gasteiger partial charge on any atom is -0.456 e. The van der Waals surface area contributed by atoms with E-state index in [1.54, 1.807) is 18.2 Å². The van der Waals surface area contributed by atoms with Crippen molar-refractivity contribution in [3.05, 3.63) is 71.4 Å². The van der Waals surface area contributed by atoms with E-state index in [2.05, 4.69) is 15.6 Å². The maximum atomic E-state index is 13.2. The molecule has 34 heavy (non-hydrogen) atoms. The summed E-state index contributed by atoms with van der Waals surface area (Å²) in [6.07, 6.45) is -1.95. The Morgan fingerprint density at radius 3 is 2.44 bits per heavy atom. The highest BCUT2D eigenvalue weighted by Gasteiger charge is 2.31. The number of carbonyl (C=O) groups is 1. The van der Waals surface area contributed by atoms with Gasteiger partial charge in [0.25, 0.3) is 0 Å². The SMILES string of the molecule is N=Cc1c(Oc2ccc(NC(=O)Nc3cc(CCCF)cc(C(F)(F)F)c3)cc2)ccnc1N. The van der Waals surface area contributed by atoms with E-state index in [-0.39, 0.29) is 29.9 Å². The van der Waals surface area contributed by atoms with Gasteiger partial charge in [0.1, 0.15) is 17.3 Å². The standard InChI is InChI=1S/C23H21F4N5O2/c24-8-1-2-14-10-15(23(25,26)27)12-17(11-14)32-22(33)31-16-3-5-18(6-4-16)34-20-7-9-30-21(29)19(20)13-28/h3-7,9-13,28H,1-2,8H2,(H2,29,30)(H2,31,32,33). The van der Waals surface area contributed by atoms with E-state index < -0.39 is 24.4 Å². The topological polar surface area (TPSA) is 113 Å². The molecule has 7 nitrogen and oxygen atoms in total. The molecule has 1 heterocycles. The van der Waals surface area contributed by atoms with Crippen molar-refractivity contribution in [2.24, 2.45) is 0 Å². The summed E-state index contributed by atoms with van der Waals surface area (Å²) in [5.41, 5.74) is 5.67. The zero-order chi connectivity index (χ0) is 24.7. The van der Waals surface area contributed by atoms with E-state index >= 15 is 0 Å². The third kappa shape index (κ3) is 6.44. The molecule has 5 N–H and O–H groups in total. The molecule has 0 radical (unpaired) electrons. The zero-order valence-corrected chi connectivity index (χ0v) is 17.7. The van der Waals surface area contributed by atoms with Crippen molar-refractivity contribution < 1.29 is 27.1 Å². The van der Waals surface area contributed by atoms with Crippen LogP contribution in [0.1, 0.15) is 23.1 Å². The number of hydrogen-bond donors (Lipinski definition) is 4. The van der Waals surface area contributed by atoms with E-state index in [1.165, 1.54) is 24.4 Å². The van der Waals surface area contributed by atoms with Gasteiger partial charge in [-0.15, -0.1) is 0 Å². The Kier molecular flexibility index (Phi) is 7.67. The second-order valence-corrected chi connectivity index (χ2v) is 7.17. The van der Waals surface area contributed by atoms with Crippen LogP contribution in [-0.4, -0.2) is 23.9 Å². The number of nitrogens with one attached hydrogen (secondary N) is 3. The van der Waals surface area contributed by atoms with Crippen molar-refractivity contribution in [2.45, 2.75) is 19.0 Å². The molecule has 0 aliphatic carbocycles. The number of pyridine rings is 1. The summed E-state index contributed by atoms with van der Waals surface area (Å²) in [6.45, 7) is -0.656. The van der Waals surface area contributed by atoms with Crippen LogP contribution in [0.15, 0.2) is 54.7 Å². The van der Waals surface area contributed by atoms with Crippen LogP contribution in [0.5, 0.6) is 11.5 Å². The van der Waals surface area contributed by atoms with Gasteiger partial charge in [0.2, 0.25) is 0 Å². The summed E-state index contributed by atoms with van der Waals surface area (Å²) >= 11 is 0. The fourth-order valence-electron chi connectivity index (χ4n) is 3.07. The molecular weight excluding hydrogens is 454 g/mol. The van der Waals surface area contributed by atoms with Gasteiger partial charge in [-0.25, -0.2) is 9.78 Å². The molecule has 0 aliphatic heterocycles. The van der Waals surface area contributed by atoms with Crippen LogP contribution < -0.4 is 21.1 Å². The molecule has 0 unspecified atom stereocenters. The van der Waals surface area contributed by atoms with E-state index in [9.17, 15) is 22.4 Å². The normalized spacial score (nSPS) is 11.1. The average molecular weight is 475 g/mol. The largest absolute Gasteiger partial charge is 0.456 e. The van der Waals surface area contributed by atoms with E-state index in [0.29, 0.717) is 22.7 Å². The first kappa shape index (κ1) is 24.5. The maximum absolute atomic E-state index is 13.2. The smallest absolute Gasteiger partial charge is 0.416 e. The minimum absolute atomic E-state index is 0.0596. The van der Waals surface area contributed by atoms with Gasteiger partial charge in [-0.2, -0.15) is 13.2 Å². The van der Waals surface area contributed by atoms with Gasteiger partial charge in [-0.3, -0.25) is 4.39 Å². The molecule has 11 heteroatoms. The lowest BCUT2D eigenvalue weighted by atomic mass is 10.0.